The number of carbonyl (C=O) groups is 1. The van der Waals surface area contributed by atoms with Crippen LogP contribution < -0.4 is 0 Å². The van der Waals surface area contributed by atoms with E-state index in [9.17, 15) is 4.79 Å². The van der Waals surface area contributed by atoms with Crippen LogP contribution in [0.5, 0.6) is 0 Å². The van der Waals surface area contributed by atoms with Crippen LogP contribution in [0.1, 0.15) is 57.3 Å². The van der Waals surface area contributed by atoms with Gasteiger partial charge in [0.15, 0.2) is 5.78 Å². The molecule has 2 nitrogen and oxygen atoms in total. The first-order chi connectivity index (χ1) is 9.86. The summed E-state index contributed by atoms with van der Waals surface area (Å²) in [7, 11) is 0. The van der Waals surface area contributed by atoms with Crippen LogP contribution in [0.3, 0.4) is 0 Å². The second kappa shape index (κ2) is 6.31. The van der Waals surface area contributed by atoms with Gasteiger partial charge in [-0.15, -0.1) is 0 Å². The fraction of sp³-hybridized carbons (Fsp3) is 0.632. The highest BCUT2D eigenvalue weighted by molar-refractivity contribution is 6.00. The van der Waals surface area contributed by atoms with E-state index in [2.05, 4.69) is 32.6 Å². The van der Waals surface area contributed by atoms with Crippen LogP contribution in [0.25, 0.3) is 0 Å². The number of ketones is 1. The monoisotopic (exact) mass is 287 g/mol. The van der Waals surface area contributed by atoms with Crippen LogP contribution in [0.15, 0.2) is 30.3 Å². The Labute approximate surface area is 129 Å². The number of Topliss-reactive ketones (excluding diaryl/α,β-unsaturated/α-hetero) is 1. The molecule has 0 N–H and O–H groups in total. The van der Waals surface area contributed by atoms with Crippen molar-refractivity contribution in [3.05, 3.63) is 35.9 Å². The highest BCUT2D eigenvalue weighted by Gasteiger charge is 2.34. The maximum atomic E-state index is 12.7. The number of piperidine rings is 1. The van der Waals surface area contributed by atoms with Gasteiger partial charge in [0.1, 0.15) is 0 Å². The third kappa shape index (κ3) is 3.94. The number of likely N-dealkylation sites (tertiary alicyclic amines) is 1. The largest absolute Gasteiger partial charge is 0.302 e. The molecule has 0 atom stereocenters. The Hall–Kier alpha value is -1.15. The van der Waals surface area contributed by atoms with E-state index in [1.54, 1.807) is 0 Å². The second-order valence-electron chi connectivity index (χ2n) is 7.52. The number of hydrogen-bond donors (Lipinski definition) is 0. The molecule has 0 radical (unpaired) electrons. The minimum absolute atomic E-state index is 0.256. The fourth-order valence-electron chi connectivity index (χ4n) is 3.22. The minimum atomic E-state index is -0.318. The van der Waals surface area contributed by atoms with Crippen molar-refractivity contribution in [2.45, 2.75) is 47.0 Å². The van der Waals surface area contributed by atoms with E-state index in [0.29, 0.717) is 5.41 Å². The summed E-state index contributed by atoms with van der Waals surface area (Å²) in [5.41, 5.74) is 1.02. The summed E-state index contributed by atoms with van der Waals surface area (Å²) in [6.07, 6.45) is 3.76. The highest BCUT2D eigenvalue weighted by Crippen LogP contribution is 2.35. The Kier molecular flexibility index (Phi) is 4.88. The number of rotatable bonds is 5. The quantitative estimate of drug-likeness (QED) is 0.748. The lowest BCUT2D eigenvalue weighted by Gasteiger charge is -2.41. The Bertz CT molecular complexity index is 470. The molecule has 1 aromatic rings. The number of carbonyl (C=O) groups excluding carboxylic acids is 1. The minimum Gasteiger partial charge on any atom is -0.302 e. The van der Waals surface area contributed by atoms with Gasteiger partial charge in [0.25, 0.3) is 0 Å². The lowest BCUT2D eigenvalue weighted by atomic mass is 9.77. The van der Waals surface area contributed by atoms with Crippen molar-refractivity contribution < 1.29 is 4.79 Å². The van der Waals surface area contributed by atoms with Gasteiger partial charge in [0.2, 0.25) is 0 Å². The molecule has 0 spiro atoms. The number of benzene rings is 1. The average Bonchev–Trinajstić information content (AvgIpc) is 2.50. The topological polar surface area (TPSA) is 20.3 Å². The SMILES string of the molecule is CCC1(C)CCN(CC(C)(C)C(=O)c2ccccc2)CC1. The molecule has 0 unspecified atom stereocenters. The molecule has 1 saturated heterocycles. The molecule has 21 heavy (non-hydrogen) atoms. The molecular formula is C19H29NO. The fourth-order valence-corrected chi connectivity index (χ4v) is 3.22. The summed E-state index contributed by atoms with van der Waals surface area (Å²) >= 11 is 0. The van der Waals surface area contributed by atoms with Gasteiger partial charge in [-0.2, -0.15) is 0 Å². The van der Waals surface area contributed by atoms with Crippen molar-refractivity contribution in [3.8, 4) is 0 Å². The van der Waals surface area contributed by atoms with E-state index in [-0.39, 0.29) is 11.2 Å². The van der Waals surface area contributed by atoms with Crippen LogP contribution in [0.2, 0.25) is 0 Å². The summed E-state index contributed by atoms with van der Waals surface area (Å²) in [4.78, 5) is 15.2. The van der Waals surface area contributed by atoms with Gasteiger partial charge in [-0.25, -0.2) is 0 Å². The maximum absolute atomic E-state index is 12.7. The van der Waals surface area contributed by atoms with Gasteiger partial charge in [0.05, 0.1) is 0 Å². The van der Waals surface area contributed by atoms with Crippen molar-refractivity contribution in [3.63, 3.8) is 0 Å². The predicted octanol–water partition coefficient (Wildman–Crippen LogP) is 4.41. The first kappa shape index (κ1) is 16.2. The zero-order valence-electron chi connectivity index (χ0n) is 14.0. The van der Waals surface area contributed by atoms with Crippen molar-refractivity contribution in [2.75, 3.05) is 19.6 Å². The van der Waals surface area contributed by atoms with Gasteiger partial charge in [-0.05, 0) is 31.3 Å². The molecule has 1 aliphatic rings. The second-order valence-corrected chi connectivity index (χ2v) is 7.52. The summed E-state index contributed by atoms with van der Waals surface area (Å²) < 4.78 is 0. The van der Waals surface area contributed by atoms with Gasteiger partial charge < -0.3 is 4.90 Å². The van der Waals surface area contributed by atoms with Crippen LogP contribution in [-0.2, 0) is 0 Å². The molecule has 2 heteroatoms. The molecule has 1 aromatic carbocycles. The summed E-state index contributed by atoms with van der Waals surface area (Å²) in [5.74, 6) is 0.256. The molecule has 1 aliphatic heterocycles. The Morgan fingerprint density at radius 1 is 1.19 bits per heavy atom. The molecule has 0 bridgehead atoms. The van der Waals surface area contributed by atoms with Crippen LogP contribution in [-0.4, -0.2) is 30.3 Å². The van der Waals surface area contributed by atoms with Gasteiger partial charge >= 0.3 is 0 Å². The molecule has 2 rings (SSSR count). The summed E-state index contributed by atoms with van der Waals surface area (Å²) in [6, 6.07) is 9.69. The standard InChI is InChI=1S/C19H29NO/c1-5-19(4)11-13-20(14-12-19)15-18(2,3)17(21)16-9-7-6-8-10-16/h6-10H,5,11-15H2,1-4H3. The molecule has 1 fully saturated rings. The molecule has 1 heterocycles. The van der Waals surface area contributed by atoms with Gasteiger partial charge in [0, 0.05) is 17.5 Å². The Morgan fingerprint density at radius 3 is 2.29 bits per heavy atom. The van der Waals surface area contributed by atoms with Crippen molar-refractivity contribution in [1.29, 1.82) is 0 Å². The first-order valence-corrected chi connectivity index (χ1v) is 8.18. The van der Waals surface area contributed by atoms with E-state index in [1.807, 2.05) is 30.3 Å². The summed E-state index contributed by atoms with van der Waals surface area (Å²) in [5, 5.41) is 0. The average molecular weight is 287 g/mol. The lowest BCUT2D eigenvalue weighted by molar-refractivity contribution is 0.0625. The van der Waals surface area contributed by atoms with Crippen LogP contribution in [0.4, 0.5) is 0 Å². The van der Waals surface area contributed by atoms with E-state index in [1.165, 1.54) is 19.3 Å². The zero-order valence-corrected chi connectivity index (χ0v) is 14.0. The maximum Gasteiger partial charge on any atom is 0.169 e. The van der Waals surface area contributed by atoms with Crippen LogP contribution >= 0.6 is 0 Å². The van der Waals surface area contributed by atoms with E-state index in [0.717, 1.165) is 25.2 Å². The van der Waals surface area contributed by atoms with Crippen LogP contribution in [0, 0.1) is 10.8 Å². The van der Waals surface area contributed by atoms with E-state index >= 15 is 0 Å². The first-order valence-electron chi connectivity index (χ1n) is 8.18. The zero-order chi connectivity index (χ0) is 15.5. The number of nitrogens with zero attached hydrogens (tertiary/aromatic N) is 1. The van der Waals surface area contributed by atoms with E-state index in [4.69, 9.17) is 0 Å². The molecule has 0 aromatic heterocycles. The molecule has 0 saturated carbocycles. The molecule has 116 valence electrons. The van der Waals surface area contributed by atoms with E-state index < -0.39 is 0 Å². The summed E-state index contributed by atoms with van der Waals surface area (Å²) in [6.45, 7) is 11.9. The van der Waals surface area contributed by atoms with Gasteiger partial charge in [-0.1, -0.05) is 64.4 Å². The Balaban J connectivity index is 1.97. The van der Waals surface area contributed by atoms with Crippen molar-refractivity contribution in [2.24, 2.45) is 10.8 Å². The molecule has 0 aliphatic carbocycles. The highest BCUT2D eigenvalue weighted by atomic mass is 16.1. The molecule has 0 amide bonds. The lowest BCUT2D eigenvalue weighted by Crippen LogP contribution is -2.45. The smallest absolute Gasteiger partial charge is 0.169 e. The normalized spacial score (nSPS) is 19.4. The predicted molar refractivity (Wildman–Crippen MR) is 88.6 cm³/mol. The molecular weight excluding hydrogens is 258 g/mol. The van der Waals surface area contributed by atoms with Gasteiger partial charge in [-0.3, -0.25) is 4.79 Å². The third-order valence-electron chi connectivity index (χ3n) is 5.19. The van der Waals surface area contributed by atoms with Crippen molar-refractivity contribution >= 4 is 5.78 Å². The van der Waals surface area contributed by atoms with Crippen molar-refractivity contribution in [1.82, 2.24) is 4.90 Å². The Morgan fingerprint density at radius 2 is 1.76 bits per heavy atom. The number of hydrogen-bond acceptors (Lipinski definition) is 2. The third-order valence-corrected chi connectivity index (χ3v) is 5.19.